The number of phenolic OH excluding ortho intramolecular Hbond substituents is 1. The molecule has 0 unspecified atom stereocenters. The molecule has 4 N–H and O–H groups in total. The lowest BCUT2D eigenvalue weighted by molar-refractivity contribution is 0.102. The van der Waals surface area contributed by atoms with Crippen LogP contribution < -0.4 is 11.1 Å². The van der Waals surface area contributed by atoms with Crippen LogP contribution in [0.25, 0.3) is 0 Å². The van der Waals surface area contributed by atoms with Gasteiger partial charge >= 0.3 is 0 Å². The molecule has 0 aromatic heterocycles. The minimum Gasteiger partial charge on any atom is -0.508 e. The maximum Gasteiger partial charge on any atom is 0.255 e. The van der Waals surface area contributed by atoms with Crippen LogP contribution in [-0.4, -0.2) is 11.0 Å². The minimum absolute atomic E-state index is 0.0665. The smallest absolute Gasteiger partial charge is 0.255 e. The number of carbonyl (C=O) groups excluding carboxylic acids is 1. The van der Waals surface area contributed by atoms with Gasteiger partial charge in [-0.1, -0.05) is 0 Å². The Hall–Kier alpha value is -2.56. The molecule has 0 heterocycles. The summed E-state index contributed by atoms with van der Waals surface area (Å²) in [6, 6.07) is 9.44. The van der Waals surface area contributed by atoms with Crippen molar-refractivity contribution in [2.24, 2.45) is 0 Å². The molecule has 2 rings (SSSR count). The fourth-order valence-corrected chi connectivity index (χ4v) is 1.44. The molecule has 0 spiro atoms. The van der Waals surface area contributed by atoms with Crippen molar-refractivity contribution in [3.8, 4) is 5.75 Å². The van der Waals surface area contributed by atoms with Gasteiger partial charge in [-0.05, 0) is 42.5 Å². The number of hydrogen-bond donors (Lipinski definition) is 3. The van der Waals surface area contributed by atoms with E-state index in [1.807, 2.05) is 0 Å². The van der Waals surface area contributed by atoms with Gasteiger partial charge in [0.2, 0.25) is 0 Å². The van der Waals surface area contributed by atoms with Gasteiger partial charge in [0.05, 0.1) is 11.4 Å². The van der Waals surface area contributed by atoms with E-state index >= 15 is 0 Å². The zero-order chi connectivity index (χ0) is 13.1. The molecule has 0 radical (unpaired) electrons. The maximum atomic E-state index is 13.0. The van der Waals surface area contributed by atoms with Gasteiger partial charge in [-0.15, -0.1) is 0 Å². The van der Waals surface area contributed by atoms with Crippen molar-refractivity contribution in [3.63, 3.8) is 0 Å². The van der Waals surface area contributed by atoms with Crippen molar-refractivity contribution in [2.45, 2.75) is 0 Å². The van der Waals surface area contributed by atoms with Crippen LogP contribution in [0, 0.1) is 5.82 Å². The summed E-state index contributed by atoms with van der Waals surface area (Å²) >= 11 is 0. The van der Waals surface area contributed by atoms with E-state index in [2.05, 4.69) is 5.32 Å². The molecule has 18 heavy (non-hydrogen) atoms. The molecule has 4 nitrogen and oxygen atoms in total. The van der Waals surface area contributed by atoms with Crippen LogP contribution in [0.3, 0.4) is 0 Å². The summed E-state index contributed by atoms with van der Waals surface area (Å²) in [5.74, 6) is -0.839. The summed E-state index contributed by atoms with van der Waals surface area (Å²) in [4.78, 5) is 11.8. The van der Waals surface area contributed by atoms with Crippen molar-refractivity contribution in [2.75, 3.05) is 11.1 Å². The van der Waals surface area contributed by atoms with Crippen molar-refractivity contribution in [1.82, 2.24) is 0 Å². The molecule has 0 saturated heterocycles. The molecular formula is C13H11FN2O2. The molecule has 0 atom stereocenters. The normalized spacial score (nSPS) is 10.1. The van der Waals surface area contributed by atoms with Crippen molar-refractivity contribution < 1.29 is 14.3 Å². The Balaban J connectivity index is 2.21. The quantitative estimate of drug-likeness (QED) is 0.712. The van der Waals surface area contributed by atoms with E-state index in [-0.39, 0.29) is 17.1 Å². The molecule has 0 aliphatic heterocycles. The fraction of sp³-hybridized carbons (Fsp3) is 0. The van der Waals surface area contributed by atoms with E-state index in [0.29, 0.717) is 5.56 Å². The number of halogens is 1. The number of phenols is 1. The molecule has 0 aliphatic rings. The van der Waals surface area contributed by atoms with Crippen molar-refractivity contribution >= 4 is 17.3 Å². The summed E-state index contributed by atoms with van der Waals surface area (Å²) in [6.07, 6.45) is 0. The van der Waals surface area contributed by atoms with E-state index in [0.717, 1.165) is 6.07 Å². The number of nitrogens with one attached hydrogen (secondary N) is 1. The second-order valence-corrected chi connectivity index (χ2v) is 3.73. The molecule has 0 aliphatic carbocycles. The standard InChI is InChI=1S/C13H11FN2O2/c14-9-3-6-11(15)12(7-9)16-13(18)8-1-4-10(17)5-2-8/h1-7,17H,15H2,(H,16,18). The Morgan fingerprint density at radius 3 is 2.50 bits per heavy atom. The van der Waals surface area contributed by atoms with Gasteiger partial charge in [-0.25, -0.2) is 4.39 Å². The topological polar surface area (TPSA) is 75.3 Å². The van der Waals surface area contributed by atoms with Gasteiger partial charge in [0.15, 0.2) is 0 Å². The number of hydrogen-bond acceptors (Lipinski definition) is 3. The van der Waals surface area contributed by atoms with E-state index in [1.165, 1.54) is 36.4 Å². The van der Waals surface area contributed by atoms with Crippen LogP contribution in [0.2, 0.25) is 0 Å². The van der Waals surface area contributed by atoms with Gasteiger partial charge in [0, 0.05) is 5.56 Å². The Kier molecular flexibility index (Phi) is 3.14. The third-order valence-electron chi connectivity index (χ3n) is 2.39. The number of carbonyl (C=O) groups is 1. The largest absolute Gasteiger partial charge is 0.508 e. The van der Waals surface area contributed by atoms with Gasteiger partial charge in [-0.3, -0.25) is 4.79 Å². The van der Waals surface area contributed by atoms with Crippen LogP contribution in [0.5, 0.6) is 5.75 Å². The first kappa shape index (κ1) is 11.9. The summed E-state index contributed by atoms with van der Waals surface area (Å²) < 4.78 is 13.0. The zero-order valence-corrected chi connectivity index (χ0v) is 9.35. The van der Waals surface area contributed by atoms with Crippen LogP contribution in [-0.2, 0) is 0 Å². The summed E-state index contributed by atoms with van der Waals surface area (Å²) in [5.41, 5.74) is 6.46. The zero-order valence-electron chi connectivity index (χ0n) is 9.35. The molecule has 0 saturated carbocycles. The van der Waals surface area contributed by atoms with Gasteiger partial charge < -0.3 is 16.2 Å². The van der Waals surface area contributed by atoms with Gasteiger partial charge in [0.25, 0.3) is 5.91 Å². The Morgan fingerprint density at radius 1 is 1.17 bits per heavy atom. The van der Waals surface area contributed by atoms with Crippen LogP contribution in [0.1, 0.15) is 10.4 Å². The van der Waals surface area contributed by atoms with E-state index in [4.69, 9.17) is 10.8 Å². The summed E-state index contributed by atoms with van der Waals surface area (Å²) in [7, 11) is 0. The second kappa shape index (κ2) is 4.75. The number of nitrogens with two attached hydrogens (primary N) is 1. The molecule has 0 fully saturated rings. The highest BCUT2D eigenvalue weighted by Crippen LogP contribution is 2.20. The van der Waals surface area contributed by atoms with E-state index in [9.17, 15) is 9.18 Å². The number of aromatic hydroxyl groups is 1. The summed E-state index contributed by atoms with van der Waals surface area (Å²) in [5, 5.41) is 11.6. The molecule has 2 aromatic carbocycles. The molecular weight excluding hydrogens is 235 g/mol. The monoisotopic (exact) mass is 246 g/mol. The predicted molar refractivity (Wildman–Crippen MR) is 66.9 cm³/mol. The van der Waals surface area contributed by atoms with E-state index < -0.39 is 11.7 Å². The lowest BCUT2D eigenvalue weighted by atomic mass is 10.2. The molecule has 0 bridgehead atoms. The van der Waals surface area contributed by atoms with Crippen LogP contribution in [0.15, 0.2) is 42.5 Å². The highest BCUT2D eigenvalue weighted by atomic mass is 19.1. The van der Waals surface area contributed by atoms with Gasteiger partial charge in [0.1, 0.15) is 11.6 Å². The van der Waals surface area contributed by atoms with Crippen LogP contribution in [0.4, 0.5) is 15.8 Å². The van der Waals surface area contributed by atoms with Crippen molar-refractivity contribution in [1.29, 1.82) is 0 Å². The third kappa shape index (κ3) is 2.57. The fourth-order valence-electron chi connectivity index (χ4n) is 1.44. The Morgan fingerprint density at radius 2 is 1.83 bits per heavy atom. The molecule has 5 heteroatoms. The number of anilines is 2. The molecule has 1 amide bonds. The highest BCUT2D eigenvalue weighted by Gasteiger charge is 2.08. The molecule has 92 valence electrons. The first-order valence-corrected chi connectivity index (χ1v) is 5.21. The second-order valence-electron chi connectivity index (χ2n) is 3.73. The number of rotatable bonds is 2. The maximum absolute atomic E-state index is 13.0. The SMILES string of the molecule is Nc1ccc(F)cc1NC(=O)c1ccc(O)cc1. The van der Waals surface area contributed by atoms with Gasteiger partial charge in [-0.2, -0.15) is 0 Å². The van der Waals surface area contributed by atoms with Crippen LogP contribution >= 0.6 is 0 Å². The third-order valence-corrected chi connectivity index (χ3v) is 2.39. The first-order chi connectivity index (χ1) is 8.56. The number of benzene rings is 2. The predicted octanol–water partition coefficient (Wildman–Crippen LogP) is 2.37. The minimum atomic E-state index is -0.481. The average Bonchev–Trinajstić information content (AvgIpc) is 2.34. The first-order valence-electron chi connectivity index (χ1n) is 5.21. The Labute approximate surface area is 103 Å². The lowest BCUT2D eigenvalue weighted by Crippen LogP contribution is -2.13. The highest BCUT2D eigenvalue weighted by molar-refractivity contribution is 6.05. The lowest BCUT2D eigenvalue weighted by Gasteiger charge is -2.08. The van der Waals surface area contributed by atoms with E-state index in [1.54, 1.807) is 0 Å². The molecule has 2 aromatic rings. The Bertz CT molecular complexity index is 582. The van der Waals surface area contributed by atoms with Crippen molar-refractivity contribution in [3.05, 3.63) is 53.8 Å². The number of nitrogen functional groups attached to an aromatic ring is 1. The average molecular weight is 246 g/mol. The summed E-state index contributed by atoms with van der Waals surface area (Å²) in [6.45, 7) is 0. The number of amides is 1.